The van der Waals surface area contributed by atoms with E-state index >= 15 is 0 Å². The van der Waals surface area contributed by atoms with E-state index in [-0.39, 0.29) is 0 Å². The summed E-state index contributed by atoms with van der Waals surface area (Å²) in [6.07, 6.45) is 5.04. The predicted molar refractivity (Wildman–Crippen MR) is 83.5 cm³/mol. The molecule has 2 heterocycles. The van der Waals surface area contributed by atoms with Gasteiger partial charge in [-0.1, -0.05) is 18.2 Å². The molecule has 4 rings (SSSR count). The Morgan fingerprint density at radius 3 is 3.05 bits per heavy atom. The average molecular weight is 284 g/mol. The number of imidazole rings is 1. The summed E-state index contributed by atoms with van der Waals surface area (Å²) in [5.74, 6) is 3.08. The van der Waals surface area contributed by atoms with Crippen LogP contribution in [-0.2, 0) is 19.4 Å². The number of fused-ring (bicyclic) bond motifs is 2. The van der Waals surface area contributed by atoms with Crippen LogP contribution in [0.15, 0.2) is 29.2 Å². The summed E-state index contributed by atoms with van der Waals surface area (Å²) in [6.45, 7) is 3.28. The van der Waals surface area contributed by atoms with Crippen LogP contribution in [0.2, 0.25) is 0 Å². The monoisotopic (exact) mass is 284 g/mol. The largest absolute Gasteiger partial charge is 0.331 e. The van der Waals surface area contributed by atoms with Gasteiger partial charge in [-0.3, -0.25) is 0 Å². The maximum absolute atomic E-state index is 4.81. The van der Waals surface area contributed by atoms with Crippen molar-refractivity contribution >= 4 is 11.8 Å². The molecule has 0 spiro atoms. The van der Waals surface area contributed by atoms with Gasteiger partial charge in [-0.05, 0) is 44.2 Å². The minimum Gasteiger partial charge on any atom is -0.331 e. The molecule has 0 radical (unpaired) electrons. The van der Waals surface area contributed by atoms with Crippen LogP contribution in [0.1, 0.15) is 41.5 Å². The summed E-state index contributed by atoms with van der Waals surface area (Å²) in [6, 6.07) is 8.89. The molecule has 1 atom stereocenters. The van der Waals surface area contributed by atoms with Crippen molar-refractivity contribution < 1.29 is 0 Å². The highest BCUT2D eigenvalue weighted by molar-refractivity contribution is 7.99. The molecule has 1 aromatic heterocycles. The lowest BCUT2D eigenvalue weighted by atomic mass is 9.99. The van der Waals surface area contributed by atoms with Crippen molar-refractivity contribution in [3.05, 3.63) is 47.0 Å². The summed E-state index contributed by atoms with van der Waals surface area (Å²) >= 11 is 2.01. The highest BCUT2D eigenvalue weighted by Gasteiger charge is 2.26. The second kappa shape index (κ2) is 4.96. The Hall–Kier alpha value is -1.22. The third-order valence-corrected chi connectivity index (χ3v) is 5.88. The molecule has 20 heavy (non-hydrogen) atoms. The quantitative estimate of drug-likeness (QED) is 0.830. The summed E-state index contributed by atoms with van der Waals surface area (Å²) in [5.41, 5.74) is 4.42. The number of rotatable bonds is 2. The summed E-state index contributed by atoms with van der Waals surface area (Å²) in [7, 11) is 0. The highest BCUT2D eigenvalue weighted by atomic mass is 32.2. The Morgan fingerprint density at radius 2 is 2.10 bits per heavy atom. The number of aryl methyl sites for hydroxylation is 2. The Balaban J connectivity index is 1.66. The van der Waals surface area contributed by atoms with Crippen molar-refractivity contribution in [1.82, 2.24) is 9.55 Å². The van der Waals surface area contributed by atoms with Crippen molar-refractivity contribution in [3.8, 4) is 0 Å². The summed E-state index contributed by atoms with van der Waals surface area (Å²) < 4.78 is 2.50. The van der Waals surface area contributed by atoms with Crippen molar-refractivity contribution in [3.63, 3.8) is 0 Å². The molecule has 0 saturated carbocycles. The first-order valence-corrected chi connectivity index (χ1v) is 8.58. The minimum absolute atomic E-state index is 0.648. The van der Waals surface area contributed by atoms with Gasteiger partial charge in [0.2, 0.25) is 0 Å². The van der Waals surface area contributed by atoms with Gasteiger partial charge in [0.25, 0.3) is 0 Å². The number of nitrogens with zero attached hydrogens (tertiary/aromatic N) is 2. The normalized spacial score (nSPS) is 20.8. The second-order valence-electron chi connectivity index (χ2n) is 5.92. The third-order valence-electron chi connectivity index (χ3n) is 4.63. The van der Waals surface area contributed by atoms with Gasteiger partial charge in [-0.2, -0.15) is 0 Å². The average Bonchev–Trinajstić information content (AvgIpc) is 3.02. The Labute approximate surface area is 124 Å². The summed E-state index contributed by atoms with van der Waals surface area (Å²) in [4.78, 5) is 6.28. The van der Waals surface area contributed by atoms with E-state index in [0.29, 0.717) is 5.92 Å². The van der Waals surface area contributed by atoms with E-state index in [1.165, 1.54) is 59.1 Å². The van der Waals surface area contributed by atoms with E-state index in [4.69, 9.17) is 4.98 Å². The molecular weight excluding hydrogens is 264 g/mol. The van der Waals surface area contributed by atoms with Crippen LogP contribution >= 0.6 is 11.8 Å². The van der Waals surface area contributed by atoms with Crippen molar-refractivity contribution in [2.45, 2.75) is 50.0 Å². The van der Waals surface area contributed by atoms with Gasteiger partial charge in [0.1, 0.15) is 5.82 Å². The number of aromatic nitrogens is 2. The van der Waals surface area contributed by atoms with Crippen molar-refractivity contribution in [1.29, 1.82) is 0 Å². The second-order valence-corrected chi connectivity index (χ2v) is 6.98. The smallest absolute Gasteiger partial charge is 0.106 e. The van der Waals surface area contributed by atoms with E-state index < -0.39 is 0 Å². The van der Waals surface area contributed by atoms with Gasteiger partial charge in [-0.25, -0.2) is 4.98 Å². The lowest BCUT2D eigenvalue weighted by Gasteiger charge is -2.18. The van der Waals surface area contributed by atoms with Crippen LogP contribution in [0.4, 0.5) is 0 Å². The molecular formula is C17H20N2S. The van der Waals surface area contributed by atoms with Crippen LogP contribution in [-0.4, -0.2) is 15.3 Å². The van der Waals surface area contributed by atoms with Gasteiger partial charge in [0.15, 0.2) is 0 Å². The van der Waals surface area contributed by atoms with Crippen molar-refractivity contribution in [2.75, 3.05) is 5.75 Å². The minimum atomic E-state index is 0.648. The fraction of sp³-hybridized carbons (Fsp3) is 0.471. The van der Waals surface area contributed by atoms with Gasteiger partial charge in [0, 0.05) is 28.8 Å². The van der Waals surface area contributed by atoms with Crippen LogP contribution in [0.5, 0.6) is 0 Å². The fourth-order valence-electron chi connectivity index (χ4n) is 3.58. The van der Waals surface area contributed by atoms with E-state index in [2.05, 4.69) is 35.8 Å². The first-order valence-electron chi connectivity index (χ1n) is 7.59. The third kappa shape index (κ3) is 1.99. The maximum Gasteiger partial charge on any atom is 0.106 e. The molecule has 1 aliphatic heterocycles. The van der Waals surface area contributed by atoms with E-state index in [9.17, 15) is 0 Å². The number of thioether (sulfide) groups is 1. The maximum atomic E-state index is 4.81. The Kier molecular flexibility index (Phi) is 3.10. The number of benzene rings is 1. The van der Waals surface area contributed by atoms with E-state index in [1.54, 1.807) is 0 Å². The molecule has 1 unspecified atom stereocenters. The van der Waals surface area contributed by atoms with Crippen LogP contribution < -0.4 is 0 Å². The summed E-state index contributed by atoms with van der Waals surface area (Å²) in [5, 5.41) is 0. The predicted octanol–water partition coefficient (Wildman–Crippen LogP) is 3.96. The molecule has 2 aliphatic rings. The van der Waals surface area contributed by atoms with E-state index in [0.717, 1.165) is 6.54 Å². The molecule has 1 aliphatic carbocycles. The lowest BCUT2D eigenvalue weighted by molar-refractivity contribution is 0.551. The van der Waals surface area contributed by atoms with Gasteiger partial charge in [0.05, 0.1) is 5.69 Å². The molecule has 0 saturated heterocycles. The van der Waals surface area contributed by atoms with Crippen molar-refractivity contribution in [2.24, 2.45) is 0 Å². The molecule has 0 bridgehead atoms. The molecule has 3 heteroatoms. The SMILES string of the molecule is Cc1nc2c(n1CC1CSc3ccccc31)CCCC2. The molecule has 104 valence electrons. The highest BCUT2D eigenvalue weighted by Crippen LogP contribution is 2.40. The topological polar surface area (TPSA) is 17.8 Å². The molecule has 2 aromatic rings. The fourth-order valence-corrected chi connectivity index (χ4v) is 4.82. The molecule has 0 fully saturated rings. The van der Waals surface area contributed by atoms with Crippen LogP contribution in [0, 0.1) is 6.92 Å². The molecule has 0 amide bonds. The zero-order valence-corrected chi connectivity index (χ0v) is 12.7. The van der Waals surface area contributed by atoms with Crippen LogP contribution in [0.25, 0.3) is 0 Å². The van der Waals surface area contributed by atoms with Gasteiger partial charge >= 0.3 is 0 Å². The first kappa shape index (κ1) is 12.5. The zero-order valence-electron chi connectivity index (χ0n) is 11.9. The Morgan fingerprint density at radius 1 is 1.25 bits per heavy atom. The molecule has 1 aromatic carbocycles. The molecule has 0 N–H and O–H groups in total. The van der Waals surface area contributed by atoms with E-state index in [1.807, 2.05) is 11.8 Å². The zero-order chi connectivity index (χ0) is 13.5. The van der Waals surface area contributed by atoms with Gasteiger partial charge < -0.3 is 4.57 Å². The lowest BCUT2D eigenvalue weighted by Crippen LogP contribution is -2.14. The van der Waals surface area contributed by atoms with Gasteiger partial charge in [-0.15, -0.1) is 11.8 Å². The number of hydrogen-bond donors (Lipinski definition) is 0. The standard InChI is InChI=1S/C17H20N2S/c1-12-18-15-7-3-4-8-16(15)19(12)10-13-11-20-17-9-5-2-6-14(13)17/h2,5-6,9,13H,3-4,7-8,10-11H2,1H3. The first-order chi connectivity index (χ1) is 9.83. The number of hydrogen-bond acceptors (Lipinski definition) is 2. The molecule has 2 nitrogen and oxygen atoms in total. The van der Waals surface area contributed by atoms with Crippen LogP contribution in [0.3, 0.4) is 0 Å². The Bertz CT molecular complexity index is 644.